The Morgan fingerprint density at radius 1 is 0.268 bits per heavy atom. The molecule has 0 spiro atoms. The van der Waals surface area contributed by atoms with Crippen molar-refractivity contribution in [2.45, 2.75) is 361 Å². The van der Waals surface area contributed by atoms with Gasteiger partial charge in [-0.25, -0.2) is 0 Å². The lowest BCUT2D eigenvalue weighted by Gasteiger charge is -2.18. The quantitative estimate of drug-likeness (QED) is 0.0261. The number of hydrogen-bond acceptors (Lipinski definition) is 6. The Labute approximate surface area is 443 Å². The number of hydrogen-bond donors (Lipinski definition) is 0. The molecule has 0 aromatic rings. The summed E-state index contributed by atoms with van der Waals surface area (Å²) < 4.78 is 16.9. The fourth-order valence-electron chi connectivity index (χ4n) is 9.61. The average molecular weight is 1000 g/mol. The molecule has 0 radical (unpaired) electrons. The third-order valence-electron chi connectivity index (χ3n) is 14.4. The monoisotopic (exact) mass is 999 g/mol. The van der Waals surface area contributed by atoms with Crippen molar-refractivity contribution in [3.63, 3.8) is 0 Å². The lowest BCUT2D eigenvalue weighted by Crippen LogP contribution is -2.30. The van der Waals surface area contributed by atoms with E-state index in [2.05, 4.69) is 45.1 Å². The maximum Gasteiger partial charge on any atom is 0.306 e. The summed E-state index contributed by atoms with van der Waals surface area (Å²) in [4.78, 5) is 38.3. The largest absolute Gasteiger partial charge is 0.462 e. The normalized spacial score (nSPS) is 11.7. The number of unbranched alkanes of at least 4 members (excludes halogenated alkanes) is 44. The molecular weight excluding hydrogens is 877 g/mol. The molecule has 71 heavy (non-hydrogen) atoms. The van der Waals surface area contributed by atoms with E-state index in [-0.39, 0.29) is 31.1 Å². The Bertz CT molecular complexity index is 1080. The highest BCUT2D eigenvalue weighted by Gasteiger charge is 2.19. The molecule has 0 amide bonds. The first-order chi connectivity index (χ1) is 35.0. The Balaban J connectivity index is 4.31. The molecule has 0 aromatic heterocycles. The molecule has 0 aliphatic heterocycles. The molecule has 418 valence electrons. The average Bonchev–Trinajstić information content (AvgIpc) is 3.37. The van der Waals surface area contributed by atoms with Gasteiger partial charge in [-0.15, -0.1) is 0 Å². The zero-order valence-electron chi connectivity index (χ0n) is 48.0. The lowest BCUT2D eigenvalue weighted by atomic mass is 10.0. The first kappa shape index (κ1) is 68.9. The van der Waals surface area contributed by atoms with Crippen LogP contribution in [0.4, 0.5) is 0 Å². The van der Waals surface area contributed by atoms with E-state index in [9.17, 15) is 14.4 Å². The van der Waals surface area contributed by atoms with Gasteiger partial charge in [0.1, 0.15) is 13.2 Å². The molecule has 0 N–H and O–H groups in total. The van der Waals surface area contributed by atoms with Gasteiger partial charge in [-0.3, -0.25) is 14.4 Å². The summed E-state index contributed by atoms with van der Waals surface area (Å²) in [5.41, 5.74) is 0. The number of carbonyl (C=O) groups excluding carboxylic acids is 3. The summed E-state index contributed by atoms with van der Waals surface area (Å²) in [5, 5.41) is 0. The Morgan fingerprint density at radius 2 is 0.465 bits per heavy atom. The van der Waals surface area contributed by atoms with Gasteiger partial charge < -0.3 is 14.2 Å². The number of carbonyl (C=O) groups is 3. The smallest absolute Gasteiger partial charge is 0.306 e. The second-order valence-electron chi connectivity index (χ2n) is 21.7. The Kier molecular flexibility index (Phi) is 58.6. The van der Waals surface area contributed by atoms with Crippen molar-refractivity contribution >= 4 is 17.9 Å². The SMILES string of the molecule is CCCCCCCC/C=C\CCCCCCCCCCCC(=O)OCC(COC(=O)CCCCCCCCCCC/C=C\CCCCCCCC)OC(=O)CCCCCCCCCCCCCCCCC. The summed E-state index contributed by atoms with van der Waals surface area (Å²) in [6.45, 7) is 6.69. The fourth-order valence-corrected chi connectivity index (χ4v) is 9.61. The summed E-state index contributed by atoms with van der Waals surface area (Å²) in [6.07, 6.45) is 71.7. The molecule has 0 saturated heterocycles. The molecule has 0 bridgehead atoms. The van der Waals surface area contributed by atoms with Crippen molar-refractivity contribution in [3.05, 3.63) is 24.3 Å². The maximum atomic E-state index is 12.9. The second-order valence-corrected chi connectivity index (χ2v) is 21.7. The van der Waals surface area contributed by atoms with Crippen LogP contribution in [0.2, 0.25) is 0 Å². The highest BCUT2D eigenvalue weighted by molar-refractivity contribution is 5.71. The van der Waals surface area contributed by atoms with Crippen LogP contribution in [0.1, 0.15) is 355 Å². The van der Waals surface area contributed by atoms with Crippen molar-refractivity contribution < 1.29 is 28.6 Å². The molecule has 6 heteroatoms. The number of esters is 3. The van der Waals surface area contributed by atoms with Crippen molar-refractivity contribution in [3.8, 4) is 0 Å². The molecule has 0 saturated carbocycles. The van der Waals surface area contributed by atoms with E-state index in [0.717, 1.165) is 57.8 Å². The van der Waals surface area contributed by atoms with Gasteiger partial charge in [-0.1, -0.05) is 289 Å². The molecular formula is C65H122O6. The molecule has 0 rings (SSSR count). The van der Waals surface area contributed by atoms with E-state index in [1.54, 1.807) is 0 Å². The predicted octanol–water partition coefficient (Wildman–Crippen LogP) is 21.4. The van der Waals surface area contributed by atoms with E-state index < -0.39 is 6.10 Å². The number of rotatable bonds is 59. The summed E-state index contributed by atoms with van der Waals surface area (Å²) in [6, 6.07) is 0. The van der Waals surface area contributed by atoms with Gasteiger partial charge in [0, 0.05) is 19.3 Å². The van der Waals surface area contributed by atoms with Crippen LogP contribution in [-0.2, 0) is 28.6 Å². The van der Waals surface area contributed by atoms with Crippen LogP contribution >= 0.6 is 0 Å². The van der Waals surface area contributed by atoms with E-state index in [0.29, 0.717) is 19.3 Å². The third-order valence-corrected chi connectivity index (χ3v) is 14.4. The predicted molar refractivity (Wildman–Crippen MR) is 307 cm³/mol. The standard InChI is InChI=1S/C65H122O6/c1-4-7-10-13-16-19-22-25-28-30-32-34-37-39-42-45-48-51-54-57-63(66)69-60-62(71-65(68)59-56-53-50-47-44-41-36-27-24-21-18-15-12-9-6-3)61-70-64(67)58-55-52-49-46-43-40-38-35-33-31-29-26-23-20-17-14-11-8-5-2/h25-26,28-29,62H,4-24,27,30-61H2,1-3H3/b28-25-,29-26-. The van der Waals surface area contributed by atoms with Crippen molar-refractivity contribution in [1.29, 1.82) is 0 Å². The van der Waals surface area contributed by atoms with Gasteiger partial charge in [-0.2, -0.15) is 0 Å². The van der Waals surface area contributed by atoms with Gasteiger partial charge in [0.15, 0.2) is 6.10 Å². The molecule has 0 atom stereocenters. The Hall–Kier alpha value is -2.11. The second kappa shape index (κ2) is 60.4. The van der Waals surface area contributed by atoms with Crippen LogP contribution in [0.25, 0.3) is 0 Å². The maximum absolute atomic E-state index is 12.9. The summed E-state index contributed by atoms with van der Waals surface area (Å²) in [7, 11) is 0. The molecule has 0 unspecified atom stereocenters. The summed E-state index contributed by atoms with van der Waals surface area (Å²) in [5.74, 6) is -0.845. The number of ether oxygens (including phenoxy) is 3. The molecule has 0 heterocycles. The summed E-state index contributed by atoms with van der Waals surface area (Å²) >= 11 is 0. The van der Waals surface area contributed by atoms with Crippen molar-refractivity contribution in [2.75, 3.05) is 13.2 Å². The molecule has 0 fully saturated rings. The van der Waals surface area contributed by atoms with Crippen molar-refractivity contribution in [2.24, 2.45) is 0 Å². The van der Waals surface area contributed by atoms with Gasteiger partial charge in [0.25, 0.3) is 0 Å². The van der Waals surface area contributed by atoms with Crippen LogP contribution in [0.15, 0.2) is 24.3 Å². The van der Waals surface area contributed by atoms with Crippen LogP contribution in [0, 0.1) is 0 Å². The minimum atomic E-state index is -0.769. The van der Waals surface area contributed by atoms with Gasteiger partial charge >= 0.3 is 17.9 Å². The van der Waals surface area contributed by atoms with E-state index in [1.165, 1.54) is 257 Å². The number of allylic oxidation sites excluding steroid dienone is 4. The minimum Gasteiger partial charge on any atom is -0.462 e. The highest BCUT2D eigenvalue weighted by Crippen LogP contribution is 2.17. The first-order valence-corrected chi connectivity index (χ1v) is 31.8. The highest BCUT2D eigenvalue weighted by atomic mass is 16.6. The van der Waals surface area contributed by atoms with E-state index in [1.807, 2.05) is 0 Å². The zero-order valence-corrected chi connectivity index (χ0v) is 48.0. The molecule has 0 aromatic carbocycles. The zero-order chi connectivity index (χ0) is 51.4. The van der Waals surface area contributed by atoms with E-state index >= 15 is 0 Å². The van der Waals surface area contributed by atoms with Gasteiger partial charge in [0.05, 0.1) is 0 Å². The minimum absolute atomic E-state index is 0.0679. The molecule has 6 nitrogen and oxygen atoms in total. The first-order valence-electron chi connectivity index (χ1n) is 31.8. The topological polar surface area (TPSA) is 78.9 Å². The molecule has 0 aliphatic rings. The van der Waals surface area contributed by atoms with Crippen LogP contribution in [0.3, 0.4) is 0 Å². The third kappa shape index (κ3) is 58.7. The van der Waals surface area contributed by atoms with E-state index in [4.69, 9.17) is 14.2 Å². The van der Waals surface area contributed by atoms with Crippen LogP contribution in [0.5, 0.6) is 0 Å². The fraction of sp³-hybridized carbons (Fsp3) is 0.892. The van der Waals surface area contributed by atoms with Crippen LogP contribution in [-0.4, -0.2) is 37.2 Å². The van der Waals surface area contributed by atoms with Crippen molar-refractivity contribution in [1.82, 2.24) is 0 Å². The van der Waals surface area contributed by atoms with Gasteiger partial charge in [-0.05, 0) is 70.6 Å². The van der Waals surface area contributed by atoms with Gasteiger partial charge in [0.2, 0.25) is 0 Å². The Morgan fingerprint density at radius 3 is 0.704 bits per heavy atom. The lowest BCUT2D eigenvalue weighted by molar-refractivity contribution is -0.167. The molecule has 0 aliphatic carbocycles. The van der Waals surface area contributed by atoms with Crippen LogP contribution < -0.4 is 0 Å².